The van der Waals surface area contributed by atoms with E-state index in [0.29, 0.717) is 19.6 Å². The fourth-order valence-corrected chi connectivity index (χ4v) is 5.33. The molecule has 2 heterocycles. The minimum Gasteiger partial charge on any atom is -0.491 e. The third-order valence-electron chi connectivity index (χ3n) is 5.96. The van der Waals surface area contributed by atoms with Gasteiger partial charge in [0, 0.05) is 30.2 Å². The molecule has 0 bridgehead atoms. The highest BCUT2D eigenvalue weighted by Crippen LogP contribution is 2.38. The summed E-state index contributed by atoms with van der Waals surface area (Å²) < 4.78 is 19.8. The molecule has 2 saturated heterocycles. The number of piperidine rings is 1. The Bertz CT molecular complexity index is 911. The van der Waals surface area contributed by atoms with E-state index in [9.17, 15) is 14.3 Å². The number of aliphatic carboxylic acids is 1. The summed E-state index contributed by atoms with van der Waals surface area (Å²) in [5.41, 5.74) is 1.16. The third-order valence-corrected chi connectivity index (χ3v) is 6.99. The van der Waals surface area contributed by atoms with Gasteiger partial charge in [-0.15, -0.1) is 12.4 Å². The number of benzene rings is 2. The van der Waals surface area contributed by atoms with Gasteiger partial charge in [-0.25, -0.2) is 4.39 Å². The third kappa shape index (κ3) is 6.30. The Morgan fingerprint density at radius 2 is 1.91 bits per heavy atom. The fraction of sp³-hybridized carbons (Fsp3) is 0.458. The Balaban J connectivity index is 0.00000289. The second-order valence-corrected chi connectivity index (χ2v) is 9.23. The molecule has 0 aliphatic carbocycles. The highest BCUT2D eigenvalue weighted by Gasteiger charge is 2.30. The zero-order chi connectivity index (χ0) is 21.6. The van der Waals surface area contributed by atoms with Crippen LogP contribution in [0.5, 0.6) is 5.75 Å². The molecule has 0 amide bonds. The molecular formula is C24H30ClFN2O3S. The van der Waals surface area contributed by atoms with Crippen LogP contribution >= 0.6 is 24.2 Å². The maximum atomic E-state index is 13.7. The highest BCUT2D eigenvalue weighted by atomic mass is 35.5. The van der Waals surface area contributed by atoms with Crippen molar-refractivity contribution in [2.45, 2.75) is 47.9 Å². The van der Waals surface area contributed by atoms with Gasteiger partial charge in [-0.05, 0) is 75.0 Å². The zero-order valence-electron chi connectivity index (χ0n) is 18.0. The fourth-order valence-electron chi connectivity index (χ4n) is 4.35. The van der Waals surface area contributed by atoms with Gasteiger partial charge in [0.25, 0.3) is 0 Å². The van der Waals surface area contributed by atoms with Gasteiger partial charge in [0.05, 0.1) is 4.90 Å². The largest absolute Gasteiger partial charge is 0.491 e. The van der Waals surface area contributed by atoms with Gasteiger partial charge in [-0.3, -0.25) is 9.69 Å². The Kier molecular flexibility index (Phi) is 9.08. The van der Waals surface area contributed by atoms with Crippen LogP contribution in [0.3, 0.4) is 0 Å². The molecular weight excluding hydrogens is 451 g/mol. The SMILES string of the molecule is Cl.O=C(O)C1CCCN1CCOc1ccc(N2CCCCC2)cc1Sc1cccc(F)c1. The molecule has 2 fully saturated rings. The number of carbonyl (C=O) groups is 1. The summed E-state index contributed by atoms with van der Waals surface area (Å²) >= 11 is 1.50. The van der Waals surface area contributed by atoms with E-state index in [-0.39, 0.29) is 18.2 Å². The second kappa shape index (κ2) is 11.8. The molecule has 8 heteroatoms. The van der Waals surface area contributed by atoms with Crippen molar-refractivity contribution in [3.8, 4) is 5.75 Å². The molecule has 0 spiro atoms. The molecule has 4 rings (SSSR count). The van der Waals surface area contributed by atoms with Crippen LogP contribution < -0.4 is 9.64 Å². The average molecular weight is 481 g/mol. The minimum absolute atomic E-state index is 0. The summed E-state index contributed by atoms with van der Waals surface area (Å²) in [6.07, 6.45) is 5.27. The molecule has 0 radical (unpaired) electrons. The monoisotopic (exact) mass is 480 g/mol. The van der Waals surface area contributed by atoms with Crippen LogP contribution in [-0.4, -0.2) is 54.8 Å². The normalized spacial score (nSPS) is 18.9. The summed E-state index contributed by atoms with van der Waals surface area (Å²) in [6, 6.07) is 12.4. The van der Waals surface area contributed by atoms with Crippen LogP contribution in [0.1, 0.15) is 32.1 Å². The Morgan fingerprint density at radius 1 is 1.09 bits per heavy atom. The van der Waals surface area contributed by atoms with Crippen molar-refractivity contribution in [3.05, 3.63) is 48.3 Å². The van der Waals surface area contributed by atoms with Gasteiger partial charge in [-0.1, -0.05) is 17.8 Å². The number of carboxylic acids is 1. The molecule has 2 aromatic rings. The first-order valence-electron chi connectivity index (χ1n) is 11.0. The van der Waals surface area contributed by atoms with Gasteiger partial charge in [0.15, 0.2) is 0 Å². The molecule has 32 heavy (non-hydrogen) atoms. The molecule has 0 aromatic heterocycles. The van der Waals surface area contributed by atoms with Gasteiger partial charge in [-0.2, -0.15) is 0 Å². The maximum absolute atomic E-state index is 13.7. The van der Waals surface area contributed by atoms with Gasteiger partial charge in [0.1, 0.15) is 24.2 Å². The van der Waals surface area contributed by atoms with Crippen molar-refractivity contribution in [1.29, 1.82) is 0 Å². The topological polar surface area (TPSA) is 53.0 Å². The number of likely N-dealkylation sites (tertiary alicyclic amines) is 1. The lowest BCUT2D eigenvalue weighted by atomic mass is 10.1. The molecule has 0 saturated carbocycles. The van der Waals surface area contributed by atoms with Crippen LogP contribution in [0.4, 0.5) is 10.1 Å². The van der Waals surface area contributed by atoms with Gasteiger partial charge < -0.3 is 14.7 Å². The molecule has 5 nitrogen and oxygen atoms in total. The second-order valence-electron chi connectivity index (χ2n) is 8.12. The number of halogens is 2. The predicted octanol–water partition coefficient (Wildman–Crippen LogP) is 5.32. The quantitative estimate of drug-likeness (QED) is 0.552. The first-order chi connectivity index (χ1) is 15.1. The van der Waals surface area contributed by atoms with Crippen molar-refractivity contribution in [3.63, 3.8) is 0 Å². The minimum atomic E-state index is -0.759. The van der Waals surface area contributed by atoms with Crippen molar-refractivity contribution in [2.24, 2.45) is 0 Å². The lowest BCUT2D eigenvalue weighted by Crippen LogP contribution is -2.38. The van der Waals surface area contributed by atoms with Crippen LogP contribution in [0.2, 0.25) is 0 Å². The smallest absolute Gasteiger partial charge is 0.320 e. The molecule has 1 N–H and O–H groups in total. The first kappa shape index (κ1) is 24.7. The Labute approximate surface area is 199 Å². The van der Waals surface area contributed by atoms with E-state index in [0.717, 1.165) is 47.3 Å². The van der Waals surface area contributed by atoms with E-state index in [1.807, 2.05) is 17.0 Å². The van der Waals surface area contributed by atoms with Crippen molar-refractivity contribution in [2.75, 3.05) is 37.7 Å². The summed E-state index contributed by atoms with van der Waals surface area (Å²) in [5.74, 6) is -0.264. The summed E-state index contributed by atoms with van der Waals surface area (Å²) in [5, 5.41) is 9.36. The number of carboxylic acid groups (broad SMARTS) is 1. The van der Waals surface area contributed by atoms with E-state index in [1.165, 1.54) is 43.2 Å². The first-order valence-corrected chi connectivity index (χ1v) is 11.8. The van der Waals surface area contributed by atoms with Crippen molar-refractivity contribution in [1.82, 2.24) is 4.90 Å². The van der Waals surface area contributed by atoms with Crippen LogP contribution in [0.15, 0.2) is 52.3 Å². The molecule has 2 aliphatic heterocycles. The van der Waals surface area contributed by atoms with Crippen molar-refractivity contribution < 1.29 is 19.0 Å². The van der Waals surface area contributed by atoms with E-state index in [4.69, 9.17) is 4.74 Å². The van der Waals surface area contributed by atoms with E-state index < -0.39 is 12.0 Å². The van der Waals surface area contributed by atoms with Crippen molar-refractivity contribution >= 4 is 35.8 Å². The number of nitrogens with zero attached hydrogens (tertiary/aromatic N) is 2. The van der Waals surface area contributed by atoms with Gasteiger partial charge >= 0.3 is 5.97 Å². The van der Waals surface area contributed by atoms with E-state index in [2.05, 4.69) is 17.0 Å². The van der Waals surface area contributed by atoms with Crippen LogP contribution in [0.25, 0.3) is 0 Å². The molecule has 2 aliphatic rings. The number of anilines is 1. The summed E-state index contributed by atoms with van der Waals surface area (Å²) in [6.45, 7) is 3.89. The van der Waals surface area contributed by atoms with Crippen LogP contribution in [-0.2, 0) is 4.79 Å². The molecule has 1 unspecified atom stereocenters. The molecule has 2 aromatic carbocycles. The highest BCUT2D eigenvalue weighted by molar-refractivity contribution is 7.99. The molecule has 174 valence electrons. The number of rotatable bonds is 8. The number of hydrogen-bond acceptors (Lipinski definition) is 5. The average Bonchev–Trinajstić information content (AvgIpc) is 3.24. The Morgan fingerprint density at radius 3 is 2.66 bits per heavy atom. The maximum Gasteiger partial charge on any atom is 0.320 e. The summed E-state index contributed by atoms with van der Waals surface area (Å²) in [4.78, 5) is 17.5. The molecule has 1 atom stereocenters. The Hall–Kier alpha value is -1.96. The van der Waals surface area contributed by atoms with Gasteiger partial charge in [0.2, 0.25) is 0 Å². The number of hydrogen-bond donors (Lipinski definition) is 1. The lowest BCUT2D eigenvalue weighted by molar-refractivity contribution is -0.142. The standard InChI is InChI=1S/C24H29FN2O3S.ClH/c25-18-6-4-7-20(16-18)31-23-17-19(26-11-2-1-3-12-26)9-10-22(23)30-15-14-27-13-5-8-21(27)24(28)29;/h4,6-7,9-10,16-17,21H,1-3,5,8,11-15H2,(H,28,29);1H. The predicted molar refractivity (Wildman–Crippen MR) is 128 cm³/mol. The van der Waals surface area contributed by atoms with E-state index in [1.54, 1.807) is 6.07 Å². The number of ether oxygens (including phenoxy) is 1. The lowest BCUT2D eigenvalue weighted by Gasteiger charge is -2.29. The van der Waals surface area contributed by atoms with E-state index >= 15 is 0 Å². The zero-order valence-corrected chi connectivity index (χ0v) is 19.7. The van der Waals surface area contributed by atoms with Crippen LogP contribution in [0, 0.1) is 5.82 Å². The summed E-state index contributed by atoms with van der Waals surface area (Å²) in [7, 11) is 0.